The maximum Gasteiger partial charge on any atom is 0.419 e. The van der Waals surface area contributed by atoms with Crippen LogP contribution in [0.4, 0.5) is 18.0 Å². The zero-order chi connectivity index (χ0) is 18.5. The molecule has 1 rings (SSSR count). The summed E-state index contributed by atoms with van der Waals surface area (Å²) < 4.78 is 48.7. The fraction of sp³-hybridized carbons (Fsp3) is 0.562. The van der Waals surface area contributed by atoms with E-state index in [2.05, 4.69) is 0 Å². The second-order valence-electron chi connectivity index (χ2n) is 6.32. The summed E-state index contributed by atoms with van der Waals surface area (Å²) in [5.74, 6) is -0.371. The Morgan fingerprint density at radius 2 is 1.83 bits per heavy atom. The van der Waals surface area contributed by atoms with Crippen LogP contribution < -0.4 is 4.74 Å². The second kappa shape index (κ2) is 7.74. The van der Waals surface area contributed by atoms with Gasteiger partial charge in [-0.25, -0.2) is 4.79 Å². The molecule has 5 nitrogen and oxygen atoms in total. The molecule has 1 aromatic rings. The maximum absolute atomic E-state index is 12.8. The summed E-state index contributed by atoms with van der Waals surface area (Å²) in [7, 11) is 1.42. The number of benzene rings is 1. The molecule has 0 spiro atoms. The molecule has 1 N–H and O–H groups in total. The lowest BCUT2D eigenvalue weighted by atomic mass is 10.2. The number of carbonyl (C=O) groups excluding carboxylic acids is 1. The van der Waals surface area contributed by atoms with Gasteiger partial charge in [-0.05, 0) is 32.9 Å². The molecular weight excluding hydrogens is 327 g/mol. The van der Waals surface area contributed by atoms with Crippen LogP contribution in [0.25, 0.3) is 0 Å². The third kappa shape index (κ3) is 6.66. The first kappa shape index (κ1) is 20.1. The van der Waals surface area contributed by atoms with Gasteiger partial charge in [-0.2, -0.15) is 13.2 Å². The first-order valence-electron chi connectivity index (χ1n) is 7.31. The standard InChI is InChI=1S/C16H22F3NO4/c1-15(2,3)24-14(22)20(4)9-11(21)10-23-13-8-6-5-7-12(13)16(17,18)19/h5-8,11,21H,9-10H2,1-4H3. The molecule has 0 heterocycles. The number of aliphatic hydroxyl groups excluding tert-OH is 1. The molecule has 0 aliphatic heterocycles. The summed E-state index contributed by atoms with van der Waals surface area (Å²) in [6.45, 7) is 4.58. The maximum atomic E-state index is 12.8. The number of ether oxygens (including phenoxy) is 2. The highest BCUT2D eigenvalue weighted by atomic mass is 19.4. The molecule has 24 heavy (non-hydrogen) atoms. The molecule has 0 saturated carbocycles. The molecule has 1 unspecified atom stereocenters. The smallest absolute Gasteiger partial charge is 0.419 e. The van der Waals surface area contributed by atoms with Crippen LogP contribution in [0.5, 0.6) is 5.75 Å². The third-order valence-corrected chi connectivity index (χ3v) is 2.81. The lowest BCUT2D eigenvalue weighted by Crippen LogP contribution is -2.40. The van der Waals surface area contributed by atoms with Crippen LogP contribution in [0.15, 0.2) is 24.3 Å². The third-order valence-electron chi connectivity index (χ3n) is 2.81. The van der Waals surface area contributed by atoms with E-state index in [1.165, 1.54) is 25.2 Å². The van der Waals surface area contributed by atoms with Crippen molar-refractivity contribution in [3.8, 4) is 5.75 Å². The predicted molar refractivity (Wildman–Crippen MR) is 81.8 cm³/mol. The first-order valence-corrected chi connectivity index (χ1v) is 7.31. The predicted octanol–water partition coefficient (Wildman–Crippen LogP) is 3.31. The summed E-state index contributed by atoms with van der Waals surface area (Å²) in [6.07, 6.45) is -6.35. The minimum atomic E-state index is -4.55. The largest absolute Gasteiger partial charge is 0.490 e. The van der Waals surface area contributed by atoms with Crippen molar-refractivity contribution < 1.29 is 32.5 Å². The Balaban J connectivity index is 2.59. The van der Waals surface area contributed by atoms with Gasteiger partial charge in [-0.15, -0.1) is 0 Å². The summed E-state index contributed by atoms with van der Waals surface area (Å²) in [5, 5.41) is 9.87. The number of carbonyl (C=O) groups is 1. The molecule has 1 aromatic carbocycles. The molecule has 136 valence electrons. The van der Waals surface area contributed by atoms with E-state index >= 15 is 0 Å². The minimum Gasteiger partial charge on any atom is -0.490 e. The van der Waals surface area contributed by atoms with E-state index in [0.717, 1.165) is 11.0 Å². The number of alkyl halides is 3. The lowest BCUT2D eigenvalue weighted by molar-refractivity contribution is -0.139. The number of rotatable bonds is 5. The molecule has 0 fully saturated rings. The van der Waals surface area contributed by atoms with E-state index in [0.29, 0.717) is 0 Å². The number of likely N-dealkylation sites (N-methyl/N-ethyl adjacent to an activating group) is 1. The van der Waals surface area contributed by atoms with Crippen LogP contribution in [-0.2, 0) is 10.9 Å². The van der Waals surface area contributed by atoms with Crippen LogP contribution in [0.2, 0.25) is 0 Å². The number of aliphatic hydroxyl groups is 1. The average molecular weight is 349 g/mol. The highest BCUT2D eigenvalue weighted by molar-refractivity contribution is 5.67. The zero-order valence-corrected chi connectivity index (χ0v) is 14.1. The number of halogens is 3. The Bertz CT molecular complexity index is 555. The zero-order valence-electron chi connectivity index (χ0n) is 14.1. The van der Waals surface area contributed by atoms with Gasteiger partial charge >= 0.3 is 12.3 Å². The van der Waals surface area contributed by atoms with Crippen molar-refractivity contribution in [2.45, 2.75) is 38.7 Å². The minimum absolute atomic E-state index is 0.136. The number of para-hydroxylation sites is 1. The number of hydrogen-bond acceptors (Lipinski definition) is 4. The fourth-order valence-corrected chi connectivity index (χ4v) is 1.80. The summed E-state index contributed by atoms with van der Waals surface area (Å²) in [6, 6.07) is 4.73. The molecule has 0 aromatic heterocycles. The average Bonchev–Trinajstić information content (AvgIpc) is 2.42. The van der Waals surface area contributed by atoms with Crippen molar-refractivity contribution in [3.63, 3.8) is 0 Å². The molecule has 0 aliphatic rings. The SMILES string of the molecule is CN(CC(O)COc1ccccc1C(F)(F)F)C(=O)OC(C)(C)C. The van der Waals surface area contributed by atoms with Gasteiger partial charge in [0.25, 0.3) is 0 Å². The number of hydrogen-bond donors (Lipinski definition) is 1. The number of nitrogens with zero attached hydrogens (tertiary/aromatic N) is 1. The Kier molecular flexibility index (Phi) is 6.48. The van der Waals surface area contributed by atoms with Crippen molar-refractivity contribution in [2.24, 2.45) is 0 Å². The van der Waals surface area contributed by atoms with Crippen LogP contribution in [0, 0.1) is 0 Å². The van der Waals surface area contributed by atoms with Gasteiger partial charge in [0.2, 0.25) is 0 Å². The van der Waals surface area contributed by atoms with E-state index in [1.54, 1.807) is 20.8 Å². The normalized spacial score (nSPS) is 13.3. The molecule has 0 saturated heterocycles. The van der Waals surface area contributed by atoms with Gasteiger partial charge in [0.15, 0.2) is 0 Å². The summed E-state index contributed by atoms with van der Waals surface area (Å²) in [4.78, 5) is 12.9. The monoisotopic (exact) mass is 349 g/mol. The highest BCUT2D eigenvalue weighted by Crippen LogP contribution is 2.35. The van der Waals surface area contributed by atoms with Crippen molar-refractivity contribution in [2.75, 3.05) is 20.2 Å². The van der Waals surface area contributed by atoms with Gasteiger partial charge in [-0.1, -0.05) is 12.1 Å². The van der Waals surface area contributed by atoms with E-state index in [1.807, 2.05) is 0 Å². The summed E-state index contributed by atoms with van der Waals surface area (Å²) in [5.41, 5.74) is -1.60. The van der Waals surface area contributed by atoms with E-state index < -0.39 is 29.5 Å². The van der Waals surface area contributed by atoms with E-state index in [4.69, 9.17) is 9.47 Å². The second-order valence-corrected chi connectivity index (χ2v) is 6.32. The van der Waals surface area contributed by atoms with Gasteiger partial charge in [0.1, 0.15) is 24.1 Å². The van der Waals surface area contributed by atoms with Crippen LogP contribution in [0.1, 0.15) is 26.3 Å². The quantitative estimate of drug-likeness (QED) is 0.886. The van der Waals surface area contributed by atoms with Crippen molar-refractivity contribution >= 4 is 6.09 Å². The Morgan fingerprint density at radius 3 is 2.38 bits per heavy atom. The molecule has 0 aliphatic carbocycles. The molecule has 0 bridgehead atoms. The van der Waals surface area contributed by atoms with Gasteiger partial charge in [0.05, 0.1) is 12.1 Å². The topological polar surface area (TPSA) is 59.0 Å². The Morgan fingerprint density at radius 1 is 1.25 bits per heavy atom. The lowest BCUT2D eigenvalue weighted by Gasteiger charge is -2.26. The molecule has 1 atom stereocenters. The van der Waals surface area contributed by atoms with Gasteiger partial charge in [0, 0.05) is 7.05 Å². The van der Waals surface area contributed by atoms with Crippen LogP contribution in [-0.4, -0.2) is 48.0 Å². The Hall–Kier alpha value is -1.96. The molecular formula is C16H22F3NO4. The Labute approximate surface area is 139 Å². The summed E-state index contributed by atoms with van der Waals surface area (Å²) >= 11 is 0. The van der Waals surface area contributed by atoms with E-state index in [9.17, 15) is 23.1 Å². The molecule has 1 amide bonds. The molecule has 0 radical (unpaired) electrons. The van der Waals surface area contributed by atoms with Crippen molar-refractivity contribution in [1.29, 1.82) is 0 Å². The van der Waals surface area contributed by atoms with Gasteiger partial charge < -0.3 is 19.5 Å². The first-order chi connectivity index (χ1) is 10.9. The molecule has 8 heteroatoms. The highest BCUT2D eigenvalue weighted by Gasteiger charge is 2.34. The fourth-order valence-electron chi connectivity index (χ4n) is 1.80. The van der Waals surface area contributed by atoms with Crippen molar-refractivity contribution in [3.05, 3.63) is 29.8 Å². The van der Waals surface area contributed by atoms with Crippen LogP contribution in [0.3, 0.4) is 0 Å². The van der Waals surface area contributed by atoms with Gasteiger partial charge in [-0.3, -0.25) is 0 Å². The van der Waals surface area contributed by atoms with E-state index in [-0.39, 0.29) is 18.9 Å². The number of amides is 1. The van der Waals surface area contributed by atoms with Crippen molar-refractivity contribution in [1.82, 2.24) is 4.90 Å². The van der Waals surface area contributed by atoms with Crippen LogP contribution >= 0.6 is 0 Å².